The van der Waals surface area contributed by atoms with Crippen molar-refractivity contribution in [3.8, 4) is 17.2 Å². The van der Waals surface area contributed by atoms with E-state index < -0.39 is 101 Å². The van der Waals surface area contributed by atoms with Crippen LogP contribution in [0.15, 0.2) is 42.2 Å². The second-order valence-corrected chi connectivity index (χ2v) is 16.2. The number of Topliss-reactive ketones (excluding diaryl/α,β-unsaturated/α-hetero) is 1. The van der Waals surface area contributed by atoms with E-state index in [1.165, 1.54) is 59.3 Å². The minimum atomic E-state index is -2.01. The lowest BCUT2D eigenvalue weighted by Gasteiger charge is -2.38. The summed E-state index contributed by atoms with van der Waals surface area (Å²) in [6.07, 6.45) is 1.89. The van der Waals surface area contributed by atoms with Crippen molar-refractivity contribution in [3.63, 3.8) is 0 Å². The minimum Gasteiger partial charge on any atom is -0.507 e. The molecule has 58 heavy (non-hydrogen) atoms. The van der Waals surface area contributed by atoms with Crippen molar-refractivity contribution in [1.29, 1.82) is 0 Å². The third-order valence-electron chi connectivity index (χ3n) is 12.1. The number of aliphatic hydroxyl groups excluding tert-OH is 4. The lowest BCUT2D eigenvalue weighted by molar-refractivity contribution is -0.160. The zero-order valence-electron chi connectivity index (χ0n) is 34.7. The highest BCUT2D eigenvalue weighted by Crippen LogP contribution is 2.54. The Hall–Kier alpha value is -4.67. The van der Waals surface area contributed by atoms with Crippen LogP contribution in [0.1, 0.15) is 77.7 Å². The number of rotatable bonds is 4. The van der Waals surface area contributed by atoms with Gasteiger partial charge in [-0.05, 0) is 39.3 Å². The van der Waals surface area contributed by atoms with E-state index in [2.05, 4.69) is 5.32 Å². The van der Waals surface area contributed by atoms with E-state index in [9.17, 15) is 45.0 Å². The van der Waals surface area contributed by atoms with Gasteiger partial charge in [0.05, 0.1) is 59.5 Å². The van der Waals surface area contributed by atoms with Crippen molar-refractivity contribution in [2.75, 3.05) is 23.9 Å². The van der Waals surface area contributed by atoms with Crippen LogP contribution in [0.2, 0.25) is 0 Å². The summed E-state index contributed by atoms with van der Waals surface area (Å²) in [5, 5.41) is 70.7. The molecule has 1 saturated heterocycles. The number of phenolic OH excluding ortho intramolecular Hbond substituents is 2. The Morgan fingerprint density at radius 1 is 1.00 bits per heavy atom. The number of methoxy groups -OCH3 is 1. The highest BCUT2D eigenvalue weighted by molar-refractivity contribution is 6.23. The largest absolute Gasteiger partial charge is 0.507 e. The van der Waals surface area contributed by atoms with E-state index in [1.54, 1.807) is 51.7 Å². The first-order chi connectivity index (χ1) is 27.2. The van der Waals surface area contributed by atoms with E-state index >= 15 is 0 Å². The molecular weight excluding hydrogens is 752 g/mol. The summed E-state index contributed by atoms with van der Waals surface area (Å²) in [5.41, 5.74) is 0.384. The number of benzene rings is 2. The molecule has 318 valence electrons. The van der Waals surface area contributed by atoms with Crippen LogP contribution in [0.25, 0.3) is 10.8 Å². The van der Waals surface area contributed by atoms with Gasteiger partial charge >= 0.3 is 11.8 Å². The molecule has 15 heteroatoms. The molecule has 1 amide bonds. The summed E-state index contributed by atoms with van der Waals surface area (Å²) in [5.74, 6) is -7.35. The van der Waals surface area contributed by atoms with Crippen molar-refractivity contribution in [2.24, 2.45) is 23.7 Å². The standard InChI is InChI=1S/C43H58N2O13/c1-19-12-11-13-20(2)42(54)44-27-18-28(45-16-14-29(48)34(45)25(7)46)31-32(38(27)52)37(51)24(6)40-33(31)41(53)43(9,58-40)56-17-15-30(55-10)21(3)39(57-26(8)47)23(5)36(50)22(4)35(19)49/h11-13,15,17-19,21-23,25,29-30,34-36,39,46,48-52H,14,16H2,1-10H3,(H,44,54). The zero-order valence-corrected chi connectivity index (χ0v) is 34.7. The summed E-state index contributed by atoms with van der Waals surface area (Å²) >= 11 is 0. The number of carbonyl (C=O) groups excluding carboxylic acids is 3. The van der Waals surface area contributed by atoms with E-state index in [0.29, 0.717) is 0 Å². The molecule has 7 N–H and O–H groups in total. The number of hydrogen-bond acceptors (Lipinski definition) is 14. The summed E-state index contributed by atoms with van der Waals surface area (Å²) < 4.78 is 23.8. The van der Waals surface area contributed by atoms with Crippen molar-refractivity contribution in [3.05, 3.63) is 53.3 Å². The Bertz CT molecular complexity index is 2010. The van der Waals surface area contributed by atoms with Crippen molar-refractivity contribution in [1.82, 2.24) is 0 Å². The number of aromatic hydroxyl groups is 2. The summed E-state index contributed by atoms with van der Waals surface area (Å²) in [6.45, 7) is 14.4. The first kappa shape index (κ1) is 44.4. The van der Waals surface area contributed by atoms with E-state index in [-0.39, 0.29) is 57.6 Å². The Labute approximate surface area is 338 Å². The third-order valence-corrected chi connectivity index (χ3v) is 12.1. The number of nitrogens with one attached hydrogen (secondary N) is 1. The Kier molecular flexibility index (Phi) is 13.2. The summed E-state index contributed by atoms with van der Waals surface area (Å²) in [6, 6.07) is 0.573. The number of ketones is 1. The van der Waals surface area contributed by atoms with Crippen LogP contribution in [0.3, 0.4) is 0 Å². The fraction of sp³-hybridized carbons (Fsp3) is 0.558. The number of nitrogens with zero attached hydrogens (tertiary/aromatic N) is 1. The molecule has 1 fully saturated rings. The number of esters is 1. The number of fused-ring (bicyclic) bond motifs is 14. The number of aliphatic hydroxyl groups is 4. The van der Waals surface area contributed by atoms with Gasteiger partial charge in [-0.1, -0.05) is 45.9 Å². The fourth-order valence-corrected chi connectivity index (χ4v) is 8.54. The maximum absolute atomic E-state index is 14.6. The molecule has 15 nitrogen and oxygen atoms in total. The molecule has 6 rings (SSSR count). The van der Waals surface area contributed by atoms with Crippen LogP contribution < -0.4 is 15.0 Å². The maximum Gasteiger partial charge on any atom is 0.312 e. The predicted molar refractivity (Wildman–Crippen MR) is 216 cm³/mol. The molecule has 5 bridgehead atoms. The van der Waals surface area contributed by atoms with Gasteiger partial charge in [-0.2, -0.15) is 0 Å². The van der Waals surface area contributed by atoms with Gasteiger partial charge in [0.1, 0.15) is 17.6 Å². The maximum atomic E-state index is 14.6. The molecule has 0 saturated carbocycles. The topological polar surface area (TPSA) is 225 Å². The predicted octanol–water partition coefficient (Wildman–Crippen LogP) is 4.37. The third kappa shape index (κ3) is 8.15. The highest BCUT2D eigenvalue weighted by atomic mass is 16.7. The van der Waals surface area contributed by atoms with Gasteiger partial charge in [0.15, 0.2) is 5.75 Å². The normalized spacial score (nSPS) is 32.9. The second-order valence-electron chi connectivity index (χ2n) is 16.2. The Morgan fingerprint density at radius 2 is 1.67 bits per heavy atom. The van der Waals surface area contributed by atoms with Crippen LogP contribution in [0.5, 0.6) is 17.2 Å². The van der Waals surface area contributed by atoms with Crippen LogP contribution in [-0.4, -0.2) is 110 Å². The molecular formula is C43H58N2O13. The number of phenols is 2. The average molecular weight is 811 g/mol. The minimum absolute atomic E-state index is 0.0207. The second kappa shape index (κ2) is 17.3. The molecule has 0 aromatic heterocycles. The van der Waals surface area contributed by atoms with Gasteiger partial charge < -0.3 is 59.8 Å². The molecule has 12 unspecified atom stereocenters. The van der Waals surface area contributed by atoms with Crippen LogP contribution in [0.4, 0.5) is 11.4 Å². The number of allylic oxidation sites excluding steroid dienone is 2. The fourth-order valence-electron chi connectivity index (χ4n) is 8.54. The van der Waals surface area contributed by atoms with Crippen LogP contribution in [-0.2, 0) is 23.8 Å². The lowest BCUT2D eigenvalue weighted by Crippen LogP contribution is -2.46. The lowest BCUT2D eigenvalue weighted by atomic mass is 9.78. The highest BCUT2D eigenvalue weighted by Gasteiger charge is 2.50. The molecule has 0 spiro atoms. The molecule has 2 aromatic carbocycles. The van der Waals surface area contributed by atoms with E-state index in [4.69, 9.17) is 18.9 Å². The van der Waals surface area contributed by atoms with Gasteiger partial charge in [-0.15, -0.1) is 0 Å². The number of amides is 1. The number of carbonyl (C=O) groups is 3. The Morgan fingerprint density at radius 3 is 2.29 bits per heavy atom. The summed E-state index contributed by atoms with van der Waals surface area (Å²) in [4.78, 5) is 42.3. The first-order valence-electron chi connectivity index (χ1n) is 19.6. The van der Waals surface area contributed by atoms with Crippen LogP contribution >= 0.6 is 0 Å². The molecule has 0 radical (unpaired) electrons. The van der Waals surface area contributed by atoms with Crippen molar-refractivity contribution >= 4 is 39.8 Å². The molecule has 2 aromatic rings. The van der Waals surface area contributed by atoms with Gasteiger partial charge in [-0.25, -0.2) is 0 Å². The zero-order chi connectivity index (χ0) is 43.1. The van der Waals surface area contributed by atoms with Gasteiger partial charge in [0.25, 0.3) is 11.7 Å². The molecule has 0 aliphatic carbocycles. The van der Waals surface area contributed by atoms with E-state index in [1.807, 2.05) is 0 Å². The molecule has 4 heterocycles. The van der Waals surface area contributed by atoms with Crippen molar-refractivity contribution in [2.45, 2.75) is 117 Å². The van der Waals surface area contributed by atoms with Gasteiger partial charge in [0, 0.05) is 73.4 Å². The Balaban J connectivity index is 1.73. The van der Waals surface area contributed by atoms with Gasteiger partial charge in [-0.3, -0.25) is 14.4 Å². The summed E-state index contributed by atoms with van der Waals surface area (Å²) in [7, 11) is 1.44. The van der Waals surface area contributed by atoms with Gasteiger partial charge in [0.2, 0.25) is 0 Å². The number of hydrogen-bond donors (Lipinski definition) is 7. The first-order valence-corrected chi connectivity index (χ1v) is 19.6. The molecule has 12 atom stereocenters. The van der Waals surface area contributed by atoms with Crippen LogP contribution in [0, 0.1) is 30.6 Å². The van der Waals surface area contributed by atoms with E-state index in [0.717, 1.165) is 0 Å². The quantitative estimate of drug-likeness (QED) is 0.168. The number of ether oxygens (including phenoxy) is 4. The average Bonchev–Trinajstić information content (AvgIpc) is 3.69. The van der Waals surface area contributed by atoms with Crippen molar-refractivity contribution < 1.29 is 64.0 Å². The smallest absolute Gasteiger partial charge is 0.312 e. The monoisotopic (exact) mass is 810 g/mol. The molecule has 4 aliphatic rings. The number of anilines is 2. The SMILES string of the molecule is COC1C=COC2(C)Oc3c(C)c(O)c4c(O)c(cc(N5CCC(O)C5C(C)O)c4c3C2=O)NC(=O)C(C)=CC=CC(C)C(O)C(C)C(O)C(C)C(OC(C)=O)C1C. The molecule has 4 aliphatic heterocycles.